The largest absolute Gasteiger partial charge is 0.360 e. The van der Waals surface area contributed by atoms with E-state index < -0.39 is 25.8 Å². The molecule has 0 saturated carbocycles. The smallest absolute Gasteiger partial charge is 0.250 e. The number of hydrogen-bond acceptors (Lipinski definition) is 7. The van der Waals surface area contributed by atoms with Gasteiger partial charge in [0, 0.05) is 12.6 Å². The summed E-state index contributed by atoms with van der Waals surface area (Å²) in [6.07, 6.45) is 0. The van der Waals surface area contributed by atoms with Crippen molar-refractivity contribution < 1.29 is 21.4 Å². The van der Waals surface area contributed by atoms with Crippen LogP contribution in [0, 0.1) is 6.92 Å². The zero-order chi connectivity index (χ0) is 15.5. The van der Waals surface area contributed by atoms with Gasteiger partial charge < -0.3 is 4.52 Å². The lowest BCUT2D eigenvalue weighted by atomic mass is 10.5. The van der Waals surface area contributed by atoms with Crippen LogP contribution in [0.25, 0.3) is 0 Å². The highest BCUT2D eigenvalue weighted by Crippen LogP contribution is 2.15. The molecule has 116 valence electrons. The molecule has 0 bridgehead atoms. The summed E-state index contributed by atoms with van der Waals surface area (Å²) in [5.74, 6) is 0.114. The van der Waals surface area contributed by atoms with Crippen LogP contribution < -0.4 is 9.44 Å². The lowest BCUT2D eigenvalue weighted by Gasteiger charge is -2.06. The topological polar surface area (TPSA) is 118 Å². The van der Waals surface area contributed by atoms with Crippen LogP contribution in [-0.2, 0) is 20.0 Å². The fourth-order valence-corrected chi connectivity index (χ4v) is 4.51. The van der Waals surface area contributed by atoms with Crippen molar-refractivity contribution in [1.82, 2.24) is 9.88 Å². The maximum atomic E-state index is 11.8. The van der Waals surface area contributed by atoms with Gasteiger partial charge in [-0.05, 0) is 18.4 Å². The van der Waals surface area contributed by atoms with E-state index in [2.05, 4.69) is 14.6 Å². The molecule has 0 aliphatic heterocycles. The summed E-state index contributed by atoms with van der Waals surface area (Å²) < 4.78 is 56.4. The maximum absolute atomic E-state index is 11.8. The molecule has 0 fully saturated rings. The van der Waals surface area contributed by atoms with Gasteiger partial charge in [0.15, 0.2) is 5.82 Å². The van der Waals surface area contributed by atoms with Crippen molar-refractivity contribution in [2.45, 2.75) is 11.1 Å². The molecule has 0 aliphatic rings. The van der Waals surface area contributed by atoms with Crippen molar-refractivity contribution in [2.75, 3.05) is 17.0 Å². The molecule has 0 radical (unpaired) electrons. The minimum atomic E-state index is -3.71. The normalized spacial score (nSPS) is 12.4. The SMILES string of the molecule is Cc1cc(NS(=O)(=O)CCNS(=O)(=O)c2cccs2)no1. The number of aryl methyl sites for hydroxylation is 1. The predicted octanol–water partition coefficient (Wildman–Crippen LogP) is 0.765. The van der Waals surface area contributed by atoms with Gasteiger partial charge >= 0.3 is 0 Å². The Balaban J connectivity index is 1.91. The number of anilines is 1. The van der Waals surface area contributed by atoms with Gasteiger partial charge in [-0.25, -0.2) is 21.6 Å². The lowest BCUT2D eigenvalue weighted by Crippen LogP contribution is -2.30. The van der Waals surface area contributed by atoms with Crippen molar-refractivity contribution in [2.24, 2.45) is 0 Å². The van der Waals surface area contributed by atoms with Crippen LogP contribution in [0.15, 0.2) is 32.3 Å². The van der Waals surface area contributed by atoms with Gasteiger partial charge in [-0.3, -0.25) is 4.72 Å². The molecule has 2 aromatic heterocycles. The molecule has 21 heavy (non-hydrogen) atoms. The quantitative estimate of drug-likeness (QED) is 0.760. The molecule has 0 spiro atoms. The first-order chi connectivity index (χ1) is 9.78. The molecular weight excluding hydrogens is 338 g/mol. The third-order valence-electron chi connectivity index (χ3n) is 2.31. The standard InChI is InChI=1S/C10H13N3O5S3/c1-8-7-9(12-18-8)13-20(14,15)6-4-11-21(16,17)10-3-2-5-19-10/h2-3,5,7,11H,4,6H2,1H3,(H,12,13). The predicted molar refractivity (Wildman–Crippen MR) is 78.2 cm³/mol. The zero-order valence-corrected chi connectivity index (χ0v) is 13.4. The van der Waals surface area contributed by atoms with E-state index in [4.69, 9.17) is 4.52 Å². The van der Waals surface area contributed by atoms with Gasteiger partial charge in [-0.2, -0.15) is 0 Å². The maximum Gasteiger partial charge on any atom is 0.250 e. The Morgan fingerprint density at radius 2 is 2.10 bits per heavy atom. The Kier molecular flexibility index (Phi) is 4.66. The van der Waals surface area contributed by atoms with E-state index in [-0.39, 0.29) is 16.6 Å². The Bertz CT molecular complexity index is 793. The van der Waals surface area contributed by atoms with Crippen LogP contribution in [0.1, 0.15) is 5.76 Å². The summed E-state index contributed by atoms with van der Waals surface area (Å²) in [5, 5.41) is 5.12. The number of aromatic nitrogens is 1. The number of nitrogens with one attached hydrogen (secondary N) is 2. The first kappa shape index (κ1) is 15.9. The molecule has 11 heteroatoms. The molecule has 0 aromatic carbocycles. The van der Waals surface area contributed by atoms with E-state index in [1.165, 1.54) is 12.1 Å². The summed E-state index contributed by atoms with van der Waals surface area (Å²) in [6, 6.07) is 4.47. The highest BCUT2D eigenvalue weighted by atomic mass is 32.2. The van der Waals surface area contributed by atoms with Crippen molar-refractivity contribution in [3.8, 4) is 0 Å². The fraction of sp³-hybridized carbons (Fsp3) is 0.300. The van der Waals surface area contributed by atoms with Crippen molar-refractivity contribution in [3.63, 3.8) is 0 Å². The van der Waals surface area contributed by atoms with Gasteiger partial charge in [0.05, 0.1) is 5.75 Å². The van der Waals surface area contributed by atoms with E-state index >= 15 is 0 Å². The molecule has 0 amide bonds. The highest BCUT2D eigenvalue weighted by molar-refractivity contribution is 7.93. The lowest BCUT2D eigenvalue weighted by molar-refractivity contribution is 0.400. The minimum absolute atomic E-state index is 0.0635. The van der Waals surface area contributed by atoms with Crippen molar-refractivity contribution in [1.29, 1.82) is 0 Å². The average molecular weight is 351 g/mol. The first-order valence-electron chi connectivity index (χ1n) is 5.75. The van der Waals surface area contributed by atoms with Crippen LogP contribution in [-0.4, -0.2) is 34.3 Å². The van der Waals surface area contributed by atoms with Crippen LogP contribution in [0.3, 0.4) is 0 Å². The van der Waals surface area contributed by atoms with E-state index in [1.54, 1.807) is 18.4 Å². The number of hydrogen-bond donors (Lipinski definition) is 2. The van der Waals surface area contributed by atoms with Gasteiger partial charge in [0.1, 0.15) is 9.97 Å². The molecular formula is C10H13N3O5S3. The Morgan fingerprint density at radius 3 is 2.67 bits per heavy atom. The molecule has 0 unspecified atom stereocenters. The number of sulfonamides is 2. The highest BCUT2D eigenvalue weighted by Gasteiger charge is 2.18. The van der Waals surface area contributed by atoms with E-state index in [0.717, 1.165) is 11.3 Å². The second-order valence-corrected chi connectivity index (χ2v) is 8.86. The Labute approximate surface area is 126 Å². The first-order valence-corrected chi connectivity index (χ1v) is 9.77. The second kappa shape index (κ2) is 6.13. The van der Waals surface area contributed by atoms with Gasteiger partial charge in [0.25, 0.3) is 0 Å². The molecule has 2 heterocycles. The van der Waals surface area contributed by atoms with Gasteiger partial charge in [-0.15, -0.1) is 11.3 Å². The van der Waals surface area contributed by atoms with Crippen LogP contribution in [0.2, 0.25) is 0 Å². The summed E-state index contributed by atoms with van der Waals surface area (Å²) in [6.45, 7) is 1.38. The number of rotatable bonds is 7. The van der Waals surface area contributed by atoms with E-state index in [0.29, 0.717) is 5.76 Å². The monoisotopic (exact) mass is 351 g/mol. The molecule has 2 N–H and O–H groups in total. The number of thiophene rings is 1. The molecule has 8 nitrogen and oxygen atoms in total. The third kappa shape index (κ3) is 4.52. The van der Waals surface area contributed by atoms with Crippen LogP contribution in [0.5, 0.6) is 0 Å². The summed E-state index contributed by atoms with van der Waals surface area (Å²) in [4.78, 5) is 0. The van der Waals surface area contributed by atoms with Crippen LogP contribution >= 0.6 is 11.3 Å². The second-order valence-electron chi connectivity index (χ2n) is 4.07. The van der Waals surface area contributed by atoms with E-state index in [9.17, 15) is 16.8 Å². The Hall–Kier alpha value is -1.43. The Morgan fingerprint density at radius 1 is 1.33 bits per heavy atom. The zero-order valence-electron chi connectivity index (χ0n) is 10.9. The summed E-state index contributed by atoms with van der Waals surface area (Å²) >= 11 is 1.06. The molecule has 2 rings (SSSR count). The average Bonchev–Trinajstić information content (AvgIpc) is 2.99. The third-order valence-corrected chi connectivity index (χ3v) is 6.43. The molecule has 0 atom stereocenters. The van der Waals surface area contributed by atoms with E-state index in [1.807, 2.05) is 0 Å². The summed E-state index contributed by atoms with van der Waals surface area (Å²) in [5.41, 5.74) is 0. The molecule has 2 aromatic rings. The van der Waals surface area contributed by atoms with Gasteiger partial charge in [-0.1, -0.05) is 11.2 Å². The summed E-state index contributed by atoms with van der Waals surface area (Å²) in [7, 11) is -7.37. The van der Waals surface area contributed by atoms with Gasteiger partial charge in [0.2, 0.25) is 20.0 Å². The van der Waals surface area contributed by atoms with Crippen molar-refractivity contribution in [3.05, 3.63) is 29.3 Å². The van der Waals surface area contributed by atoms with Crippen LogP contribution in [0.4, 0.5) is 5.82 Å². The minimum Gasteiger partial charge on any atom is -0.360 e. The van der Waals surface area contributed by atoms with Crippen molar-refractivity contribution >= 4 is 37.2 Å². The fourth-order valence-electron chi connectivity index (χ4n) is 1.42. The molecule has 0 saturated heterocycles. The number of nitrogens with zero attached hydrogens (tertiary/aromatic N) is 1. The molecule has 0 aliphatic carbocycles.